The molecule has 0 saturated heterocycles. The molecular formula is C28H23N5O2. The normalized spacial score (nSPS) is 16.7. The number of carbonyl (C=O) groups excluding carboxylic acids is 2. The van der Waals surface area contributed by atoms with Gasteiger partial charge in [-0.2, -0.15) is 10.4 Å². The number of nitriles is 1. The fraction of sp³-hybridized carbons (Fsp3) is 0.143. The van der Waals surface area contributed by atoms with E-state index >= 15 is 0 Å². The molecule has 1 aliphatic heterocycles. The molecule has 0 fully saturated rings. The van der Waals surface area contributed by atoms with Gasteiger partial charge in [0.05, 0.1) is 23.0 Å². The number of hydrogen-bond acceptors (Lipinski definition) is 4. The lowest BCUT2D eigenvalue weighted by Gasteiger charge is -2.33. The van der Waals surface area contributed by atoms with Gasteiger partial charge in [-0.15, -0.1) is 0 Å². The number of carbonyl (C=O) groups is 2. The van der Waals surface area contributed by atoms with E-state index in [1.807, 2.05) is 56.3 Å². The third kappa shape index (κ3) is 4.06. The molecule has 0 aliphatic carbocycles. The fourth-order valence-corrected chi connectivity index (χ4v) is 4.50. The highest BCUT2D eigenvalue weighted by molar-refractivity contribution is 6.04. The van der Waals surface area contributed by atoms with Crippen molar-refractivity contribution in [3.8, 4) is 11.8 Å². The summed E-state index contributed by atoms with van der Waals surface area (Å²) in [6.45, 7) is 3.91. The number of nitrogens with zero attached hydrogens (tertiary/aromatic N) is 3. The smallest absolute Gasteiger partial charge is 0.251 e. The van der Waals surface area contributed by atoms with Crippen LogP contribution < -0.4 is 10.6 Å². The summed E-state index contributed by atoms with van der Waals surface area (Å²) in [5.74, 6) is -0.574. The predicted molar refractivity (Wildman–Crippen MR) is 132 cm³/mol. The van der Waals surface area contributed by atoms with Gasteiger partial charge in [-0.1, -0.05) is 48.0 Å². The van der Waals surface area contributed by atoms with Crippen molar-refractivity contribution in [2.75, 3.05) is 5.32 Å². The van der Waals surface area contributed by atoms with Gasteiger partial charge in [0.1, 0.15) is 11.9 Å². The molecule has 1 aliphatic rings. The first-order valence-electron chi connectivity index (χ1n) is 11.3. The fourth-order valence-electron chi connectivity index (χ4n) is 4.50. The lowest BCUT2D eigenvalue weighted by atomic mass is 9.81. The molecule has 2 atom stereocenters. The van der Waals surface area contributed by atoms with E-state index in [9.17, 15) is 14.9 Å². The van der Waals surface area contributed by atoms with Crippen molar-refractivity contribution in [2.45, 2.75) is 25.8 Å². The van der Waals surface area contributed by atoms with Crippen molar-refractivity contribution in [3.63, 3.8) is 0 Å². The first kappa shape index (κ1) is 22.1. The van der Waals surface area contributed by atoms with Crippen molar-refractivity contribution in [2.24, 2.45) is 0 Å². The zero-order valence-electron chi connectivity index (χ0n) is 19.3. The summed E-state index contributed by atoms with van der Waals surface area (Å²) >= 11 is 0. The molecule has 0 spiro atoms. The highest BCUT2D eigenvalue weighted by atomic mass is 16.2. The van der Waals surface area contributed by atoms with Gasteiger partial charge in [0.2, 0.25) is 5.91 Å². The van der Waals surface area contributed by atoms with Crippen molar-refractivity contribution in [3.05, 3.63) is 112 Å². The molecule has 2 N–H and O–H groups in total. The zero-order valence-corrected chi connectivity index (χ0v) is 19.3. The van der Waals surface area contributed by atoms with E-state index in [2.05, 4.69) is 16.7 Å². The van der Waals surface area contributed by atoms with Crippen molar-refractivity contribution < 1.29 is 9.59 Å². The van der Waals surface area contributed by atoms with Crippen LogP contribution >= 0.6 is 0 Å². The van der Waals surface area contributed by atoms with E-state index < -0.39 is 12.0 Å². The second kappa shape index (κ2) is 8.92. The van der Waals surface area contributed by atoms with E-state index in [4.69, 9.17) is 5.10 Å². The Bertz CT molecular complexity index is 1450. The molecular weight excluding hydrogens is 438 g/mol. The van der Waals surface area contributed by atoms with E-state index in [-0.39, 0.29) is 11.8 Å². The molecule has 1 aromatic heterocycles. The van der Waals surface area contributed by atoms with Crippen LogP contribution in [0, 0.1) is 25.2 Å². The van der Waals surface area contributed by atoms with Gasteiger partial charge < -0.3 is 10.6 Å². The highest BCUT2D eigenvalue weighted by Crippen LogP contribution is 2.40. The maximum absolute atomic E-state index is 13.5. The van der Waals surface area contributed by atoms with Crippen LogP contribution in [0.2, 0.25) is 0 Å². The van der Waals surface area contributed by atoms with Crippen LogP contribution in [-0.2, 0) is 4.79 Å². The number of amides is 2. The van der Waals surface area contributed by atoms with Crippen molar-refractivity contribution in [1.29, 1.82) is 5.26 Å². The Balaban J connectivity index is 1.63. The SMILES string of the molecule is Cc1ccc(-n2nc(C)c3c2NC(=O)[C@H](NC(=O)c2ccccc2)[C@@H]3c2ccc(C#N)cc2)cc1. The Kier molecular flexibility index (Phi) is 5.63. The van der Waals surface area contributed by atoms with Crippen LogP contribution in [-0.4, -0.2) is 27.6 Å². The van der Waals surface area contributed by atoms with Gasteiger partial charge in [0.15, 0.2) is 0 Å². The molecule has 2 amide bonds. The van der Waals surface area contributed by atoms with E-state index in [1.54, 1.807) is 41.1 Å². The third-order valence-electron chi connectivity index (χ3n) is 6.28. The summed E-state index contributed by atoms with van der Waals surface area (Å²) in [6, 6.07) is 25.1. The Morgan fingerprint density at radius 3 is 2.34 bits per heavy atom. The van der Waals surface area contributed by atoms with Gasteiger partial charge in [-0.3, -0.25) is 9.59 Å². The van der Waals surface area contributed by atoms with Crippen LogP contribution in [0.5, 0.6) is 0 Å². The number of aromatic nitrogens is 2. The van der Waals surface area contributed by atoms with Gasteiger partial charge in [-0.05, 0) is 55.8 Å². The molecule has 172 valence electrons. The van der Waals surface area contributed by atoms with Crippen LogP contribution in [0.1, 0.15) is 44.2 Å². The Morgan fingerprint density at radius 2 is 1.69 bits per heavy atom. The minimum Gasteiger partial charge on any atom is -0.339 e. The minimum absolute atomic E-state index is 0.329. The Morgan fingerprint density at radius 1 is 1.00 bits per heavy atom. The monoisotopic (exact) mass is 461 g/mol. The topological polar surface area (TPSA) is 99.8 Å². The van der Waals surface area contributed by atoms with Gasteiger partial charge >= 0.3 is 0 Å². The first-order chi connectivity index (χ1) is 17.0. The quantitative estimate of drug-likeness (QED) is 0.475. The average molecular weight is 462 g/mol. The number of anilines is 1. The Hall–Kier alpha value is -4.70. The molecule has 5 rings (SSSR count). The second-order valence-corrected chi connectivity index (χ2v) is 8.61. The number of benzene rings is 3. The summed E-state index contributed by atoms with van der Waals surface area (Å²) < 4.78 is 1.73. The average Bonchev–Trinajstić information content (AvgIpc) is 3.21. The summed E-state index contributed by atoms with van der Waals surface area (Å²) in [5, 5.41) is 19.9. The van der Waals surface area contributed by atoms with Crippen LogP contribution in [0.3, 0.4) is 0 Å². The molecule has 0 unspecified atom stereocenters. The highest BCUT2D eigenvalue weighted by Gasteiger charge is 2.41. The number of nitrogens with one attached hydrogen (secondary N) is 2. The second-order valence-electron chi connectivity index (χ2n) is 8.61. The summed E-state index contributed by atoms with van der Waals surface area (Å²) in [4.78, 5) is 26.5. The van der Waals surface area contributed by atoms with Crippen molar-refractivity contribution >= 4 is 17.6 Å². The van der Waals surface area contributed by atoms with E-state index in [0.717, 1.165) is 28.1 Å². The number of rotatable bonds is 4. The third-order valence-corrected chi connectivity index (χ3v) is 6.28. The summed E-state index contributed by atoms with van der Waals surface area (Å²) in [6.07, 6.45) is 0. The standard InChI is InChI=1S/C28H23N5O2/c1-17-8-14-22(15-9-17)33-26-23(18(2)32-33)24(20-12-10-19(16-29)11-13-20)25(28(35)31-26)30-27(34)21-6-4-3-5-7-21/h3-15,24-25H,1-2H3,(H,30,34)(H,31,35)/t24-,25-/m1/s1. The zero-order chi connectivity index (χ0) is 24.5. The number of hydrogen-bond donors (Lipinski definition) is 2. The molecule has 3 aromatic carbocycles. The molecule has 7 nitrogen and oxygen atoms in total. The van der Waals surface area contributed by atoms with E-state index in [1.165, 1.54) is 0 Å². The van der Waals surface area contributed by atoms with Crippen LogP contribution in [0.4, 0.5) is 5.82 Å². The molecule has 7 heteroatoms. The molecule has 0 saturated carbocycles. The molecule has 0 bridgehead atoms. The van der Waals surface area contributed by atoms with Crippen molar-refractivity contribution in [1.82, 2.24) is 15.1 Å². The van der Waals surface area contributed by atoms with E-state index in [0.29, 0.717) is 16.9 Å². The summed E-state index contributed by atoms with van der Waals surface area (Å²) in [7, 11) is 0. The first-order valence-corrected chi connectivity index (χ1v) is 11.3. The van der Waals surface area contributed by atoms with Gasteiger partial charge in [0, 0.05) is 17.0 Å². The minimum atomic E-state index is -0.863. The lowest BCUT2D eigenvalue weighted by Crippen LogP contribution is -2.50. The molecule has 35 heavy (non-hydrogen) atoms. The van der Waals surface area contributed by atoms with Gasteiger partial charge in [-0.25, -0.2) is 4.68 Å². The van der Waals surface area contributed by atoms with Crippen LogP contribution in [0.25, 0.3) is 5.69 Å². The largest absolute Gasteiger partial charge is 0.339 e. The van der Waals surface area contributed by atoms with Gasteiger partial charge in [0.25, 0.3) is 5.91 Å². The summed E-state index contributed by atoms with van der Waals surface area (Å²) in [5.41, 5.74) is 5.32. The number of fused-ring (bicyclic) bond motifs is 1. The molecule has 4 aromatic rings. The number of aryl methyl sites for hydroxylation is 2. The lowest BCUT2D eigenvalue weighted by molar-refractivity contribution is -0.118. The molecule has 2 heterocycles. The Labute approximate surface area is 203 Å². The van der Waals surface area contributed by atoms with Crippen LogP contribution in [0.15, 0.2) is 78.9 Å². The maximum Gasteiger partial charge on any atom is 0.251 e. The molecule has 0 radical (unpaired) electrons. The predicted octanol–water partition coefficient (Wildman–Crippen LogP) is 4.24. The maximum atomic E-state index is 13.5.